The van der Waals surface area contributed by atoms with Gasteiger partial charge in [-0.2, -0.15) is 0 Å². The number of anilines is 1. The van der Waals surface area contributed by atoms with Crippen molar-refractivity contribution in [3.63, 3.8) is 0 Å². The molecule has 0 aliphatic rings. The Balaban J connectivity index is 2.08. The van der Waals surface area contributed by atoms with Crippen LogP contribution in [-0.4, -0.2) is 20.0 Å². The SMILES string of the molecule is COc1ccc(OC)c(N/C=C/C(=O)c2ccc(Br)cc2)c1. The molecule has 0 heterocycles. The standard InChI is InChI=1S/C17H16BrNO3/c1-21-14-7-8-17(22-2)15(11-14)19-10-9-16(20)12-3-5-13(18)6-4-12/h3-11,19H,1-2H3/b10-9+. The highest BCUT2D eigenvalue weighted by atomic mass is 79.9. The zero-order valence-corrected chi connectivity index (χ0v) is 13.9. The normalized spacial score (nSPS) is 10.5. The van der Waals surface area contributed by atoms with Gasteiger partial charge in [0.1, 0.15) is 11.5 Å². The molecular formula is C17H16BrNO3. The fraction of sp³-hybridized carbons (Fsp3) is 0.118. The molecule has 2 aromatic rings. The summed E-state index contributed by atoms with van der Waals surface area (Å²) in [6, 6.07) is 12.6. The van der Waals surface area contributed by atoms with Gasteiger partial charge in [-0.05, 0) is 36.4 Å². The number of hydrogen-bond acceptors (Lipinski definition) is 4. The monoisotopic (exact) mass is 361 g/mol. The van der Waals surface area contributed by atoms with Crippen LogP contribution in [0.3, 0.4) is 0 Å². The van der Waals surface area contributed by atoms with E-state index in [2.05, 4.69) is 21.2 Å². The first kappa shape index (κ1) is 16.1. The molecule has 5 heteroatoms. The molecule has 0 amide bonds. The zero-order chi connectivity index (χ0) is 15.9. The fourth-order valence-electron chi connectivity index (χ4n) is 1.84. The fourth-order valence-corrected chi connectivity index (χ4v) is 2.11. The smallest absolute Gasteiger partial charge is 0.187 e. The topological polar surface area (TPSA) is 47.6 Å². The van der Waals surface area contributed by atoms with Crippen LogP contribution in [0.1, 0.15) is 10.4 Å². The van der Waals surface area contributed by atoms with Crippen molar-refractivity contribution in [2.45, 2.75) is 0 Å². The van der Waals surface area contributed by atoms with E-state index in [0.717, 1.165) is 10.2 Å². The van der Waals surface area contributed by atoms with E-state index >= 15 is 0 Å². The van der Waals surface area contributed by atoms with Crippen LogP contribution in [0.2, 0.25) is 0 Å². The number of hydrogen-bond donors (Lipinski definition) is 1. The van der Waals surface area contributed by atoms with Crippen molar-refractivity contribution in [1.82, 2.24) is 0 Å². The van der Waals surface area contributed by atoms with Crippen LogP contribution in [0.4, 0.5) is 5.69 Å². The molecule has 22 heavy (non-hydrogen) atoms. The van der Waals surface area contributed by atoms with E-state index in [1.54, 1.807) is 50.8 Å². The number of halogens is 1. The largest absolute Gasteiger partial charge is 0.497 e. The van der Waals surface area contributed by atoms with Gasteiger partial charge < -0.3 is 14.8 Å². The summed E-state index contributed by atoms with van der Waals surface area (Å²) in [5.41, 5.74) is 1.35. The third-order valence-electron chi connectivity index (χ3n) is 3.01. The van der Waals surface area contributed by atoms with E-state index in [1.807, 2.05) is 12.1 Å². The summed E-state index contributed by atoms with van der Waals surface area (Å²) in [5, 5.41) is 3.04. The number of ketones is 1. The van der Waals surface area contributed by atoms with Crippen LogP contribution < -0.4 is 14.8 Å². The average Bonchev–Trinajstić information content (AvgIpc) is 2.55. The molecule has 0 atom stereocenters. The summed E-state index contributed by atoms with van der Waals surface area (Å²) in [7, 11) is 3.18. The van der Waals surface area contributed by atoms with Gasteiger partial charge in [0, 0.05) is 28.4 Å². The maximum atomic E-state index is 12.0. The van der Waals surface area contributed by atoms with E-state index in [-0.39, 0.29) is 5.78 Å². The van der Waals surface area contributed by atoms with Crippen LogP contribution in [0, 0.1) is 0 Å². The Hall–Kier alpha value is -2.27. The molecule has 2 rings (SSSR count). The second-order valence-electron chi connectivity index (χ2n) is 4.42. The molecule has 0 fully saturated rings. The molecule has 0 aliphatic heterocycles. The van der Waals surface area contributed by atoms with E-state index in [4.69, 9.17) is 9.47 Å². The lowest BCUT2D eigenvalue weighted by Crippen LogP contribution is -1.98. The molecule has 114 valence electrons. The molecule has 2 aromatic carbocycles. The Bertz CT molecular complexity index is 681. The first-order valence-corrected chi connectivity index (χ1v) is 7.38. The second-order valence-corrected chi connectivity index (χ2v) is 5.33. The highest BCUT2D eigenvalue weighted by Crippen LogP contribution is 2.28. The van der Waals surface area contributed by atoms with Gasteiger partial charge in [-0.1, -0.05) is 15.9 Å². The Morgan fingerprint density at radius 3 is 2.45 bits per heavy atom. The summed E-state index contributed by atoms with van der Waals surface area (Å²) in [4.78, 5) is 12.0. The van der Waals surface area contributed by atoms with Crippen LogP contribution in [-0.2, 0) is 0 Å². The maximum Gasteiger partial charge on any atom is 0.187 e. The maximum absolute atomic E-state index is 12.0. The Labute approximate surface area is 137 Å². The molecule has 0 radical (unpaired) electrons. The molecule has 4 nitrogen and oxygen atoms in total. The van der Waals surface area contributed by atoms with E-state index in [9.17, 15) is 4.79 Å². The number of carbonyl (C=O) groups excluding carboxylic acids is 1. The summed E-state index contributed by atoms with van der Waals surface area (Å²) in [5.74, 6) is 1.29. The molecule has 0 spiro atoms. The van der Waals surface area contributed by atoms with Gasteiger partial charge in [-0.25, -0.2) is 0 Å². The van der Waals surface area contributed by atoms with Gasteiger partial charge in [0.05, 0.1) is 19.9 Å². The van der Waals surface area contributed by atoms with Gasteiger partial charge >= 0.3 is 0 Å². The minimum atomic E-state index is -0.0816. The first-order valence-electron chi connectivity index (χ1n) is 6.59. The summed E-state index contributed by atoms with van der Waals surface area (Å²) in [6.45, 7) is 0. The van der Waals surface area contributed by atoms with Crippen molar-refractivity contribution in [1.29, 1.82) is 0 Å². The number of rotatable bonds is 6. The van der Waals surface area contributed by atoms with Gasteiger partial charge in [-0.3, -0.25) is 4.79 Å². The van der Waals surface area contributed by atoms with Gasteiger partial charge in [0.25, 0.3) is 0 Å². The van der Waals surface area contributed by atoms with Gasteiger partial charge in [0.15, 0.2) is 5.78 Å². The van der Waals surface area contributed by atoms with Crippen LogP contribution >= 0.6 is 15.9 Å². The van der Waals surface area contributed by atoms with Crippen molar-refractivity contribution in [2.75, 3.05) is 19.5 Å². The van der Waals surface area contributed by atoms with Crippen molar-refractivity contribution in [3.05, 3.63) is 64.8 Å². The number of methoxy groups -OCH3 is 2. The minimum Gasteiger partial charge on any atom is -0.497 e. The second kappa shape index (κ2) is 7.66. The van der Waals surface area contributed by atoms with Gasteiger partial charge in [-0.15, -0.1) is 0 Å². The number of benzene rings is 2. The van der Waals surface area contributed by atoms with E-state index in [1.165, 1.54) is 6.08 Å². The van der Waals surface area contributed by atoms with Crippen molar-refractivity contribution < 1.29 is 14.3 Å². The summed E-state index contributed by atoms with van der Waals surface area (Å²) >= 11 is 3.34. The molecule has 0 bridgehead atoms. The van der Waals surface area contributed by atoms with E-state index in [0.29, 0.717) is 17.1 Å². The van der Waals surface area contributed by atoms with Crippen LogP contribution in [0.25, 0.3) is 0 Å². The summed E-state index contributed by atoms with van der Waals surface area (Å²) < 4.78 is 11.4. The molecule has 1 N–H and O–H groups in total. The van der Waals surface area contributed by atoms with Crippen LogP contribution in [0.5, 0.6) is 11.5 Å². The first-order chi connectivity index (χ1) is 10.6. The number of ether oxygens (including phenoxy) is 2. The lowest BCUT2D eigenvalue weighted by atomic mass is 10.1. The lowest BCUT2D eigenvalue weighted by Gasteiger charge is -2.09. The molecule has 0 saturated heterocycles. The van der Waals surface area contributed by atoms with Crippen LogP contribution in [0.15, 0.2) is 59.2 Å². The Morgan fingerprint density at radius 2 is 1.82 bits per heavy atom. The predicted molar refractivity (Wildman–Crippen MR) is 90.8 cm³/mol. The molecule has 0 aromatic heterocycles. The molecular weight excluding hydrogens is 346 g/mol. The highest BCUT2D eigenvalue weighted by Gasteiger charge is 2.04. The van der Waals surface area contributed by atoms with Crippen molar-refractivity contribution in [3.8, 4) is 11.5 Å². The Kier molecular flexibility index (Phi) is 5.61. The highest BCUT2D eigenvalue weighted by molar-refractivity contribution is 9.10. The van der Waals surface area contributed by atoms with Crippen molar-refractivity contribution in [2.24, 2.45) is 0 Å². The minimum absolute atomic E-state index is 0.0816. The zero-order valence-electron chi connectivity index (χ0n) is 12.3. The third-order valence-corrected chi connectivity index (χ3v) is 3.54. The number of allylic oxidation sites excluding steroid dienone is 1. The lowest BCUT2D eigenvalue weighted by molar-refractivity contribution is 0.104. The molecule has 0 unspecified atom stereocenters. The summed E-state index contributed by atoms with van der Waals surface area (Å²) in [6.07, 6.45) is 3.06. The third kappa shape index (κ3) is 4.11. The quantitative estimate of drug-likeness (QED) is 0.616. The molecule has 0 aliphatic carbocycles. The average molecular weight is 362 g/mol. The Morgan fingerprint density at radius 1 is 1.09 bits per heavy atom. The molecule has 0 saturated carbocycles. The van der Waals surface area contributed by atoms with Gasteiger partial charge in [0.2, 0.25) is 0 Å². The number of carbonyl (C=O) groups is 1. The number of nitrogens with one attached hydrogen (secondary N) is 1. The van der Waals surface area contributed by atoms with E-state index < -0.39 is 0 Å². The predicted octanol–water partition coefficient (Wildman–Crippen LogP) is 4.27. The van der Waals surface area contributed by atoms with Crippen molar-refractivity contribution >= 4 is 27.4 Å².